The summed E-state index contributed by atoms with van der Waals surface area (Å²) in [5.74, 6) is 0.660. The minimum absolute atomic E-state index is 0.0159. The van der Waals surface area contributed by atoms with Crippen LogP contribution in [0.5, 0.6) is 5.75 Å². The number of aromatic nitrogens is 2. The SMILES string of the molecule is CCCc1noc(-c2cc(S(=O)(=O)Nc3ccc(F)cc3)ccc2OC)n1. The average molecular weight is 391 g/mol. The van der Waals surface area contributed by atoms with Gasteiger partial charge in [0.15, 0.2) is 5.82 Å². The molecule has 0 atom stereocenters. The van der Waals surface area contributed by atoms with E-state index in [1.165, 1.54) is 49.6 Å². The predicted molar refractivity (Wildman–Crippen MR) is 97.5 cm³/mol. The Balaban J connectivity index is 1.97. The highest BCUT2D eigenvalue weighted by Gasteiger charge is 2.20. The molecule has 0 saturated heterocycles. The van der Waals surface area contributed by atoms with Crippen molar-refractivity contribution in [3.63, 3.8) is 0 Å². The molecule has 27 heavy (non-hydrogen) atoms. The fourth-order valence-electron chi connectivity index (χ4n) is 2.44. The van der Waals surface area contributed by atoms with Gasteiger partial charge in [-0.2, -0.15) is 4.98 Å². The van der Waals surface area contributed by atoms with Gasteiger partial charge in [0.1, 0.15) is 11.6 Å². The Morgan fingerprint density at radius 2 is 1.93 bits per heavy atom. The van der Waals surface area contributed by atoms with E-state index in [1.54, 1.807) is 0 Å². The Labute approximate surface area is 156 Å². The molecule has 0 spiro atoms. The largest absolute Gasteiger partial charge is 0.496 e. The van der Waals surface area contributed by atoms with Gasteiger partial charge in [-0.1, -0.05) is 12.1 Å². The molecule has 3 aromatic rings. The molecule has 2 aromatic carbocycles. The molecule has 0 bridgehead atoms. The first-order valence-electron chi connectivity index (χ1n) is 8.22. The normalized spacial score (nSPS) is 11.4. The lowest BCUT2D eigenvalue weighted by atomic mass is 10.2. The van der Waals surface area contributed by atoms with Gasteiger partial charge in [0.05, 0.1) is 17.6 Å². The van der Waals surface area contributed by atoms with Crippen LogP contribution in [-0.4, -0.2) is 25.7 Å². The molecule has 0 amide bonds. The lowest BCUT2D eigenvalue weighted by Crippen LogP contribution is -2.13. The van der Waals surface area contributed by atoms with E-state index in [9.17, 15) is 12.8 Å². The number of rotatable bonds is 7. The topological polar surface area (TPSA) is 94.3 Å². The third-order valence-corrected chi connectivity index (χ3v) is 5.13. The highest BCUT2D eigenvalue weighted by molar-refractivity contribution is 7.92. The first kappa shape index (κ1) is 18.8. The Hall–Kier alpha value is -2.94. The highest BCUT2D eigenvalue weighted by Crippen LogP contribution is 2.32. The number of nitrogens with one attached hydrogen (secondary N) is 1. The molecule has 1 N–H and O–H groups in total. The van der Waals surface area contributed by atoms with E-state index >= 15 is 0 Å². The maximum atomic E-state index is 13.0. The number of methoxy groups -OCH3 is 1. The second-order valence-electron chi connectivity index (χ2n) is 5.74. The molecule has 0 aliphatic heterocycles. The minimum atomic E-state index is -3.90. The van der Waals surface area contributed by atoms with Crippen molar-refractivity contribution in [2.45, 2.75) is 24.7 Å². The number of aryl methyl sites for hydroxylation is 1. The second kappa shape index (κ2) is 7.75. The van der Waals surface area contributed by atoms with Crippen molar-refractivity contribution < 1.29 is 22.1 Å². The molecule has 142 valence electrons. The predicted octanol–water partition coefficient (Wildman–Crippen LogP) is 3.64. The molecule has 1 heterocycles. The van der Waals surface area contributed by atoms with E-state index in [-0.39, 0.29) is 16.5 Å². The Bertz CT molecular complexity index is 1030. The number of hydrogen-bond donors (Lipinski definition) is 1. The number of anilines is 1. The molecule has 1 aromatic heterocycles. The van der Waals surface area contributed by atoms with E-state index < -0.39 is 15.8 Å². The number of nitrogens with zero attached hydrogens (tertiary/aromatic N) is 2. The van der Waals surface area contributed by atoms with Crippen LogP contribution in [0.4, 0.5) is 10.1 Å². The number of sulfonamides is 1. The van der Waals surface area contributed by atoms with E-state index in [4.69, 9.17) is 9.26 Å². The van der Waals surface area contributed by atoms with Gasteiger partial charge in [0.2, 0.25) is 0 Å². The third kappa shape index (κ3) is 4.25. The smallest absolute Gasteiger partial charge is 0.261 e. The fourth-order valence-corrected chi connectivity index (χ4v) is 3.53. The quantitative estimate of drug-likeness (QED) is 0.661. The highest BCUT2D eigenvalue weighted by atomic mass is 32.2. The molecule has 0 radical (unpaired) electrons. The molecule has 0 saturated carbocycles. The summed E-state index contributed by atoms with van der Waals surface area (Å²) in [5, 5.41) is 3.88. The summed E-state index contributed by atoms with van der Waals surface area (Å²) in [6, 6.07) is 9.33. The van der Waals surface area contributed by atoms with E-state index in [0.717, 1.165) is 6.42 Å². The van der Waals surface area contributed by atoms with Gasteiger partial charge in [-0.25, -0.2) is 12.8 Å². The van der Waals surface area contributed by atoms with Crippen LogP contribution in [-0.2, 0) is 16.4 Å². The zero-order valence-corrected chi connectivity index (χ0v) is 15.6. The molecule has 0 aliphatic rings. The summed E-state index contributed by atoms with van der Waals surface area (Å²) in [4.78, 5) is 4.27. The first-order valence-corrected chi connectivity index (χ1v) is 9.70. The maximum absolute atomic E-state index is 13.0. The van der Waals surface area contributed by atoms with E-state index in [1.807, 2.05) is 6.92 Å². The van der Waals surface area contributed by atoms with Crippen LogP contribution < -0.4 is 9.46 Å². The monoisotopic (exact) mass is 391 g/mol. The van der Waals surface area contributed by atoms with Gasteiger partial charge in [-0.05, 0) is 48.9 Å². The van der Waals surface area contributed by atoms with Gasteiger partial charge < -0.3 is 9.26 Å². The van der Waals surface area contributed by atoms with Gasteiger partial charge in [0.25, 0.3) is 15.9 Å². The number of ether oxygens (including phenoxy) is 1. The van der Waals surface area contributed by atoms with Crippen LogP contribution in [0.15, 0.2) is 51.9 Å². The van der Waals surface area contributed by atoms with Gasteiger partial charge in [0, 0.05) is 12.1 Å². The second-order valence-corrected chi connectivity index (χ2v) is 7.42. The van der Waals surface area contributed by atoms with Crippen LogP contribution in [0.25, 0.3) is 11.5 Å². The standard InChI is InChI=1S/C18H18FN3O4S/c1-3-4-17-20-18(26-21-17)15-11-14(9-10-16(15)25-2)27(23,24)22-13-7-5-12(19)6-8-13/h5-11,22H,3-4H2,1-2H3. The third-order valence-electron chi connectivity index (χ3n) is 3.75. The Morgan fingerprint density at radius 3 is 2.59 bits per heavy atom. The van der Waals surface area contributed by atoms with Crippen molar-refractivity contribution in [2.75, 3.05) is 11.8 Å². The van der Waals surface area contributed by atoms with Gasteiger partial charge in [-0.3, -0.25) is 4.72 Å². The van der Waals surface area contributed by atoms with Gasteiger partial charge >= 0.3 is 0 Å². The van der Waals surface area contributed by atoms with Crippen molar-refractivity contribution in [1.29, 1.82) is 0 Å². The lowest BCUT2D eigenvalue weighted by Gasteiger charge is -2.11. The van der Waals surface area contributed by atoms with Crippen LogP contribution in [0.2, 0.25) is 0 Å². The molecule has 9 heteroatoms. The van der Waals surface area contributed by atoms with Gasteiger partial charge in [-0.15, -0.1) is 0 Å². The van der Waals surface area contributed by atoms with Crippen LogP contribution in [0.1, 0.15) is 19.2 Å². The van der Waals surface area contributed by atoms with Crippen molar-refractivity contribution in [3.05, 3.63) is 54.1 Å². The summed E-state index contributed by atoms with van der Waals surface area (Å²) in [5.41, 5.74) is 0.617. The lowest BCUT2D eigenvalue weighted by molar-refractivity contribution is 0.402. The summed E-state index contributed by atoms with van der Waals surface area (Å²) in [6.07, 6.45) is 1.50. The summed E-state index contributed by atoms with van der Waals surface area (Å²) < 4.78 is 51.3. The van der Waals surface area contributed by atoms with Crippen LogP contribution >= 0.6 is 0 Å². The van der Waals surface area contributed by atoms with Crippen LogP contribution in [0, 0.1) is 5.82 Å². The molecule has 0 fully saturated rings. The zero-order valence-electron chi connectivity index (χ0n) is 14.8. The molecule has 0 unspecified atom stereocenters. The van der Waals surface area contributed by atoms with E-state index in [2.05, 4.69) is 14.9 Å². The van der Waals surface area contributed by atoms with Crippen molar-refractivity contribution in [3.8, 4) is 17.2 Å². The summed E-state index contributed by atoms with van der Waals surface area (Å²) in [6.45, 7) is 1.99. The molecule has 0 aliphatic carbocycles. The average Bonchev–Trinajstić information content (AvgIpc) is 3.12. The van der Waals surface area contributed by atoms with Crippen molar-refractivity contribution >= 4 is 15.7 Å². The van der Waals surface area contributed by atoms with Crippen molar-refractivity contribution in [1.82, 2.24) is 10.1 Å². The maximum Gasteiger partial charge on any atom is 0.261 e. The van der Waals surface area contributed by atoms with Crippen LogP contribution in [0.3, 0.4) is 0 Å². The van der Waals surface area contributed by atoms with E-state index in [0.29, 0.717) is 23.6 Å². The summed E-state index contributed by atoms with van der Waals surface area (Å²) in [7, 11) is -2.44. The molecule has 3 rings (SSSR count). The molecular weight excluding hydrogens is 373 g/mol. The molecular formula is C18H18FN3O4S. The number of hydrogen-bond acceptors (Lipinski definition) is 6. The number of benzene rings is 2. The fraction of sp³-hybridized carbons (Fsp3) is 0.222. The number of halogens is 1. The Kier molecular flexibility index (Phi) is 5.41. The zero-order chi connectivity index (χ0) is 19.4. The molecule has 7 nitrogen and oxygen atoms in total. The van der Waals surface area contributed by atoms with Crippen molar-refractivity contribution in [2.24, 2.45) is 0 Å². The Morgan fingerprint density at radius 1 is 1.19 bits per heavy atom. The minimum Gasteiger partial charge on any atom is -0.496 e. The summed E-state index contributed by atoms with van der Waals surface area (Å²) >= 11 is 0. The first-order chi connectivity index (χ1) is 12.9.